The Morgan fingerprint density at radius 2 is 2.08 bits per heavy atom. The first-order valence-corrected chi connectivity index (χ1v) is 9.45. The van der Waals surface area contributed by atoms with E-state index in [-0.39, 0.29) is 5.91 Å². The number of carbonyl (C=O) groups is 1. The lowest BCUT2D eigenvalue weighted by molar-refractivity contribution is 0.0958. The Hall–Kier alpha value is -2.40. The molecule has 0 fully saturated rings. The van der Waals surface area contributed by atoms with E-state index in [9.17, 15) is 9.59 Å². The fraction of sp³-hybridized carbons (Fsp3) is 0.300. The van der Waals surface area contributed by atoms with E-state index >= 15 is 0 Å². The van der Waals surface area contributed by atoms with Gasteiger partial charge in [-0.05, 0) is 50.3 Å². The van der Waals surface area contributed by atoms with Gasteiger partial charge in [-0.2, -0.15) is 0 Å². The van der Waals surface area contributed by atoms with Crippen molar-refractivity contribution in [1.29, 1.82) is 0 Å². The molecule has 25 heavy (non-hydrogen) atoms. The van der Waals surface area contributed by atoms with Crippen LogP contribution in [0.15, 0.2) is 51.2 Å². The fourth-order valence-corrected chi connectivity index (χ4v) is 4.40. The molecule has 1 aliphatic rings. The molecule has 1 aliphatic carbocycles. The summed E-state index contributed by atoms with van der Waals surface area (Å²) in [5.74, 6) is -0.124. The lowest BCUT2D eigenvalue weighted by Crippen LogP contribution is -2.24. The Morgan fingerprint density at radius 1 is 1.20 bits per heavy atom. The number of rotatable bonds is 4. The van der Waals surface area contributed by atoms with Crippen LogP contribution in [0.4, 0.5) is 0 Å². The lowest BCUT2D eigenvalue weighted by atomic mass is 9.97. The number of hydrogen-bond donors (Lipinski definition) is 1. The second-order valence-corrected chi connectivity index (χ2v) is 7.41. The summed E-state index contributed by atoms with van der Waals surface area (Å²) in [6, 6.07) is 9.06. The molecule has 0 radical (unpaired) electrons. The van der Waals surface area contributed by atoms with Gasteiger partial charge in [0, 0.05) is 11.9 Å². The second-order valence-electron chi connectivity index (χ2n) is 6.35. The van der Waals surface area contributed by atoms with Gasteiger partial charge in [-0.15, -0.1) is 11.3 Å². The molecule has 0 aliphatic heterocycles. The minimum atomic E-state index is -0.392. The number of nitrogens with one attached hydrogen (secondary N) is 1. The molecule has 128 valence electrons. The Morgan fingerprint density at radius 3 is 2.92 bits per heavy atom. The normalized spacial score (nSPS) is 14.6. The average Bonchev–Trinajstić information content (AvgIpc) is 3.09. The maximum atomic E-state index is 12.5. The average molecular weight is 353 g/mol. The molecule has 4 nitrogen and oxygen atoms in total. The third-order valence-corrected chi connectivity index (χ3v) is 5.79. The van der Waals surface area contributed by atoms with Gasteiger partial charge in [0.15, 0.2) is 0 Å². The van der Waals surface area contributed by atoms with Gasteiger partial charge in [-0.3, -0.25) is 4.79 Å². The predicted octanol–water partition coefficient (Wildman–Crippen LogP) is 4.63. The number of carbonyl (C=O) groups excluding carboxylic acids is 1. The number of amides is 1. The van der Waals surface area contributed by atoms with Crippen LogP contribution >= 0.6 is 11.3 Å². The summed E-state index contributed by atoms with van der Waals surface area (Å²) >= 11 is 1.35. The monoisotopic (exact) mass is 353 g/mol. The Labute approximate surface area is 149 Å². The van der Waals surface area contributed by atoms with Crippen molar-refractivity contribution in [2.75, 3.05) is 6.54 Å². The molecule has 3 aromatic rings. The number of hydrogen-bond acceptors (Lipinski definition) is 4. The number of allylic oxidation sites excluding steroid dienone is 1. The molecular formula is C20H19NO3S. The molecule has 0 saturated heterocycles. The highest BCUT2D eigenvalue weighted by Crippen LogP contribution is 2.30. The van der Waals surface area contributed by atoms with Crippen LogP contribution in [0, 0.1) is 0 Å². The van der Waals surface area contributed by atoms with Crippen LogP contribution in [0.3, 0.4) is 0 Å². The van der Waals surface area contributed by atoms with Gasteiger partial charge in [0.05, 0.1) is 15.0 Å². The lowest BCUT2D eigenvalue weighted by Gasteiger charge is -2.12. The molecule has 2 heterocycles. The molecule has 1 N–H and O–H groups in total. The summed E-state index contributed by atoms with van der Waals surface area (Å²) in [4.78, 5) is 25.2. The van der Waals surface area contributed by atoms with E-state index in [0.717, 1.165) is 29.3 Å². The van der Waals surface area contributed by atoms with E-state index < -0.39 is 5.63 Å². The van der Waals surface area contributed by atoms with Crippen molar-refractivity contribution in [2.45, 2.75) is 32.1 Å². The number of para-hydroxylation sites is 1. The standard InChI is InChI=1S/C20H19NO3S/c22-19(21-11-10-13-6-2-1-3-7-13)17-12-15-18(25-17)14-8-4-5-9-16(14)24-20(15)23/h4-6,8-9,12H,1-3,7,10-11H2,(H,21,22). The summed E-state index contributed by atoms with van der Waals surface area (Å²) in [7, 11) is 0. The molecule has 5 heteroatoms. The van der Waals surface area contributed by atoms with E-state index in [1.54, 1.807) is 12.1 Å². The van der Waals surface area contributed by atoms with Crippen molar-refractivity contribution < 1.29 is 9.21 Å². The van der Waals surface area contributed by atoms with E-state index in [2.05, 4.69) is 11.4 Å². The van der Waals surface area contributed by atoms with Crippen LogP contribution in [0.1, 0.15) is 41.8 Å². The molecule has 2 aromatic heterocycles. The smallest absolute Gasteiger partial charge is 0.345 e. The van der Waals surface area contributed by atoms with Gasteiger partial charge in [0.2, 0.25) is 0 Å². The highest BCUT2D eigenvalue weighted by atomic mass is 32.1. The van der Waals surface area contributed by atoms with Crippen molar-refractivity contribution in [3.05, 3.63) is 57.3 Å². The minimum absolute atomic E-state index is 0.124. The summed E-state index contributed by atoms with van der Waals surface area (Å²) in [6.07, 6.45) is 8.02. The van der Waals surface area contributed by atoms with Crippen molar-refractivity contribution >= 4 is 38.3 Å². The Bertz CT molecular complexity index is 1030. The van der Waals surface area contributed by atoms with Gasteiger partial charge < -0.3 is 9.73 Å². The van der Waals surface area contributed by atoms with Crippen LogP contribution < -0.4 is 10.9 Å². The number of fused-ring (bicyclic) bond motifs is 3. The molecule has 1 amide bonds. The number of thiophene rings is 1. The third-order valence-electron chi connectivity index (χ3n) is 4.63. The van der Waals surface area contributed by atoms with E-state index in [1.165, 1.54) is 29.8 Å². The zero-order valence-corrected chi connectivity index (χ0v) is 14.7. The van der Waals surface area contributed by atoms with Crippen LogP contribution in [0.5, 0.6) is 0 Å². The van der Waals surface area contributed by atoms with Crippen LogP contribution in [0.25, 0.3) is 21.1 Å². The van der Waals surface area contributed by atoms with Crippen LogP contribution in [-0.4, -0.2) is 12.5 Å². The van der Waals surface area contributed by atoms with Gasteiger partial charge >= 0.3 is 5.63 Å². The van der Waals surface area contributed by atoms with Crippen LogP contribution in [0.2, 0.25) is 0 Å². The quantitative estimate of drug-likeness (QED) is 0.549. The SMILES string of the molecule is O=C(NCCC1=CCCCC1)c1cc2c(=O)oc3ccccc3c2s1. The molecule has 0 bridgehead atoms. The first kappa shape index (κ1) is 16.1. The number of benzene rings is 1. The van der Waals surface area contributed by atoms with E-state index in [0.29, 0.717) is 22.4 Å². The van der Waals surface area contributed by atoms with Crippen molar-refractivity contribution in [3.63, 3.8) is 0 Å². The molecule has 0 saturated carbocycles. The highest BCUT2D eigenvalue weighted by molar-refractivity contribution is 7.21. The van der Waals surface area contributed by atoms with E-state index in [1.807, 2.05) is 18.2 Å². The molecule has 4 rings (SSSR count). The maximum absolute atomic E-state index is 12.5. The first-order chi connectivity index (χ1) is 12.2. The Kier molecular flexibility index (Phi) is 4.40. The topological polar surface area (TPSA) is 59.3 Å². The van der Waals surface area contributed by atoms with Crippen molar-refractivity contribution in [3.8, 4) is 0 Å². The van der Waals surface area contributed by atoms with E-state index in [4.69, 9.17) is 4.42 Å². The zero-order valence-electron chi connectivity index (χ0n) is 13.8. The Balaban J connectivity index is 1.55. The van der Waals surface area contributed by atoms with Gasteiger partial charge in [0.1, 0.15) is 5.58 Å². The zero-order chi connectivity index (χ0) is 17.2. The summed E-state index contributed by atoms with van der Waals surface area (Å²) in [5, 5.41) is 4.32. The van der Waals surface area contributed by atoms with Gasteiger partial charge in [-0.1, -0.05) is 23.8 Å². The molecule has 1 aromatic carbocycles. The molecule has 0 spiro atoms. The summed E-state index contributed by atoms with van der Waals surface area (Å²) in [5.41, 5.74) is 1.60. The largest absolute Gasteiger partial charge is 0.422 e. The van der Waals surface area contributed by atoms with Gasteiger partial charge in [-0.25, -0.2) is 4.79 Å². The summed E-state index contributed by atoms with van der Waals surface area (Å²) in [6.45, 7) is 0.633. The first-order valence-electron chi connectivity index (χ1n) is 8.64. The third kappa shape index (κ3) is 3.24. The second kappa shape index (κ2) is 6.84. The fourth-order valence-electron chi connectivity index (χ4n) is 3.31. The molecular weight excluding hydrogens is 334 g/mol. The van der Waals surface area contributed by atoms with Crippen molar-refractivity contribution in [2.24, 2.45) is 0 Å². The van der Waals surface area contributed by atoms with Gasteiger partial charge in [0.25, 0.3) is 5.91 Å². The predicted molar refractivity (Wildman–Crippen MR) is 101 cm³/mol. The molecule has 0 unspecified atom stereocenters. The minimum Gasteiger partial charge on any atom is -0.422 e. The van der Waals surface area contributed by atoms with Crippen molar-refractivity contribution in [1.82, 2.24) is 5.32 Å². The maximum Gasteiger partial charge on any atom is 0.345 e. The van der Waals surface area contributed by atoms with Crippen LogP contribution in [-0.2, 0) is 0 Å². The molecule has 0 atom stereocenters. The highest BCUT2D eigenvalue weighted by Gasteiger charge is 2.15. The summed E-state index contributed by atoms with van der Waals surface area (Å²) < 4.78 is 6.15.